The van der Waals surface area contributed by atoms with E-state index < -0.39 is 12.1 Å². The Kier molecular flexibility index (Phi) is 4.52. The molecule has 0 saturated heterocycles. The highest BCUT2D eigenvalue weighted by Gasteiger charge is 2.25. The van der Waals surface area contributed by atoms with Crippen LogP contribution in [-0.4, -0.2) is 19.0 Å². The zero-order valence-corrected chi connectivity index (χ0v) is 15.2. The number of methoxy groups -OCH3 is 1. The zero-order valence-electron chi connectivity index (χ0n) is 14.4. The van der Waals surface area contributed by atoms with Crippen molar-refractivity contribution < 1.29 is 19.1 Å². The number of nitrogens with one attached hydrogen (secondary N) is 2. The highest BCUT2D eigenvalue weighted by Crippen LogP contribution is 2.33. The van der Waals surface area contributed by atoms with E-state index in [1.807, 2.05) is 23.6 Å². The molecule has 0 spiro atoms. The monoisotopic (exact) mass is 380 g/mol. The van der Waals surface area contributed by atoms with Gasteiger partial charge in [-0.05, 0) is 41.3 Å². The molecule has 0 radical (unpaired) electrons. The summed E-state index contributed by atoms with van der Waals surface area (Å²) >= 11 is 1.31. The van der Waals surface area contributed by atoms with Crippen LogP contribution < -0.4 is 20.1 Å². The van der Waals surface area contributed by atoms with Gasteiger partial charge in [0, 0.05) is 5.69 Å². The van der Waals surface area contributed by atoms with E-state index in [-0.39, 0.29) is 5.91 Å². The molecule has 1 unspecified atom stereocenters. The van der Waals surface area contributed by atoms with Crippen LogP contribution in [-0.2, 0) is 0 Å². The van der Waals surface area contributed by atoms with Gasteiger partial charge in [-0.2, -0.15) is 0 Å². The predicted octanol–water partition coefficient (Wildman–Crippen LogP) is 3.83. The summed E-state index contributed by atoms with van der Waals surface area (Å²) < 4.78 is 10.8. The molecule has 1 amide bonds. The number of carbonyl (C=O) groups is 2. The molecular formula is C20H16N2O4S. The molecule has 2 aromatic carbocycles. The summed E-state index contributed by atoms with van der Waals surface area (Å²) in [6.07, 6.45) is -0.414. The SMILES string of the molecule is COc1cc(C2NC(=O)c3ccccc3N2)ccc1OC(=O)c1cccs1. The van der Waals surface area contributed by atoms with Crippen LogP contribution >= 0.6 is 11.3 Å². The Hall–Kier alpha value is -3.32. The van der Waals surface area contributed by atoms with Crippen molar-refractivity contribution in [3.05, 3.63) is 76.0 Å². The number of benzene rings is 2. The Morgan fingerprint density at radius 2 is 1.89 bits per heavy atom. The number of anilines is 1. The topological polar surface area (TPSA) is 76.7 Å². The van der Waals surface area contributed by atoms with Gasteiger partial charge >= 0.3 is 5.97 Å². The van der Waals surface area contributed by atoms with Crippen LogP contribution in [0.15, 0.2) is 60.0 Å². The van der Waals surface area contributed by atoms with Crippen molar-refractivity contribution in [2.45, 2.75) is 6.17 Å². The third-order valence-corrected chi connectivity index (χ3v) is 5.04. The zero-order chi connectivity index (χ0) is 18.8. The second-order valence-corrected chi connectivity index (χ2v) is 6.82. The summed E-state index contributed by atoms with van der Waals surface area (Å²) in [6, 6.07) is 16.0. The first-order valence-electron chi connectivity index (χ1n) is 8.26. The van der Waals surface area contributed by atoms with Gasteiger partial charge in [-0.15, -0.1) is 11.3 Å². The molecule has 1 aliphatic heterocycles. The van der Waals surface area contributed by atoms with Gasteiger partial charge in [-0.25, -0.2) is 4.79 Å². The third-order valence-electron chi connectivity index (χ3n) is 4.19. The van der Waals surface area contributed by atoms with Crippen LogP contribution in [0.25, 0.3) is 0 Å². The molecule has 0 saturated carbocycles. The first-order chi connectivity index (χ1) is 13.2. The van der Waals surface area contributed by atoms with Crippen LogP contribution in [0.3, 0.4) is 0 Å². The highest BCUT2D eigenvalue weighted by molar-refractivity contribution is 7.12. The summed E-state index contributed by atoms with van der Waals surface area (Å²) in [4.78, 5) is 25.0. The summed E-state index contributed by atoms with van der Waals surface area (Å²) in [6.45, 7) is 0. The van der Waals surface area contributed by atoms with E-state index in [1.54, 1.807) is 36.4 Å². The van der Waals surface area contributed by atoms with Gasteiger partial charge in [0.25, 0.3) is 5.91 Å². The quantitative estimate of drug-likeness (QED) is 0.531. The van der Waals surface area contributed by atoms with Crippen LogP contribution in [0.4, 0.5) is 5.69 Å². The Balaban J connectivity index is 1.58. The number of fused-ring (bicyclic) bond motifs is 1. The fourth-order valence-corrected chi connectivity index (χ4v) is 3.47. The molecule has 0 fully saturated rings. The van der Waals surface area contributed by atoms with Crippen LogP contribution in [0.5, 0.6) is 11.5 Å². The first kappa shape index (κ1) is 17.1. The summed E-state index contributed by atoms with van der Waals surface area (Å²) in [5.41, 5.74) is 2.14. The lowest BCUT2D eigenvalue weighted by Crippen LogP contribution is -2.38. The van der Waals surface area contributed by atoms with E-state index in [0.29, 0.717) is 21.9 Å². The van der Waals surface area contributed by atoms with Gasteiger partial charge in [0.2, 0.25) is 0 Å². The van der Waals surface area contributed by atoms with E-state index in [2.05, 4.69) is 10.6 Å². The summed E-state index contributed by atoms with van der Waals surface area (Å²) in [5.74, 6) is 0.144. The van der Waals surface area contributed by atoms with Crippen molar-refractivity contribution in [2.24, 2.45) is 0 Å². The molecule has 2 N–H and O–H groups in total. The second-order valence-electron chi connectivity index (χ2n) is 5.87. The van der Waals surface area contributed by atoms with Gasteiger partial charge in [0.05, 0.1) is 12.7 Å². The van der Waals surface area contributed by atoms with Crippen molar-refractivity contribution >= 4 is 28.9 Å². The minimum atomic E-state index is -0.436. The molecule has 136 valence electrons. The number of hydrogen-bond acceptors (Lipinski definition) is 6. The van der Waals surface area contributed by atoms with Crippen molar-refractivity contribution in [3.8, 4) is 11.5 Å². The maximum Gasteiger partial charge on any atom is 0.353 e. The first-order valence-corrected chi connectivity index (χ1v) is 9.14. The lowest BCUT2D eigenvalue weighted by molar-refractivity contribution is 0.0734. The number of amides is 1. The van der Waals surface area contributed by atoms with Gasteiger partial charge in [-0.3, -0.25) is 4.79 Å². The molecule has 27 heavy (non-hydrogen) atoms. The van der Waals surface area contributed by atoms with E-state index in [1.165, 1.54) is 18.4 Å². The van der Waals surface area contributed by atoms with Gasteiger partial charge in [-0.1, -0.05) is 24.3 Å². The molecule has 1 aliphatic rings. The lowest BCUT2D eigenvalue weighted by Gasteiger charge is -2.28. The Morgan fingerprint density at radius 3 is 2.67 bits per heavy atom. The van der Waals surface area contributed by atoms with Crippen molar-refractivity contribution in [1.29, 1.82) is 0 Å². The Morgan fingerprint density at radius 1 is 1.04 bits per heavy atom. The maximum absolute atomic E-state index is 12.3. The number of para-hydroxylation sites is 1. The number of thiophene rings is 1. The van der Waals surface area contributed by atoms with E-state index >= 15 is 0 Å². The Bertz CT molecular complexity index is 1000. The number of hydrogen-bond donors (Lipinski definition) is 2. The molecule has 4 rings (SSSR count). The van der Waals surface area contributed by atoms with Crippen LogP contribution in [0.2, 0.25) is 0 Å². The molecule has 1 aromatic heterocycles. The molecule has 7 heteroatoms. The molecule has 0 aliphatic carbocycles. The fraction of sp³-hybridized carbons (Fsp3) is 0.100. The molecule has 3 aromatic rings. The van der Waals surface area contributed by atoms with Gasteiger partial charge in [0.1, 0.15) is 11.0 Å². The van der Waals surface area contributed by atoms with Crippen LogP contribution in [0.1, 0.15) is 31.8 Å². The van der Waals surface area contributed by atoms with E-state index in [0.717, 1.165) is 11.3 Å². The smallest absolute Gasteiger partial charge is 0.353 e. The van der Waals surface area contributed by atoms with Crippen molar-refractivity contribution in [3.63, 3.8) is 0 Å². The minimum Gasteiger partial charge on any atom is -0.493 e. The third kappa shape index (κ3) is 3.37. The normalized spacial score (nSPS) is 15.3. The van der Waals surface area contributed by atoms with Gasteiger partial charge < -0.3 is 20.1 Å². The number of rotatable bonds is 4. The summed E-state index contributed by atoms with van der Waals surface area (Å²) in [7, 11) is 1.50. The molecule has 2 heterocycles. The van der Waals surface area contributed by atoms with E-state index in [4.69, 9.17) is 9.47 Å². The highest BCUT2D eigenvalue weighted by atomic mass is 32.1. The van der Waals surface area contributed by atoms with Gasteiger partial charge in [0.15, 0.2) is 11.5 Å². The molecular weight excluding hydrogens is 364 g/mol. The van der Waals surface area contributed by atoms with E-state index in [9.17, 15) is 9.59 Å². The lowest BCUT2D eigenvalue weighted by atomic mass is 10.1. The predicted molar refractivity (Wildman–Crippen MR) is 103 cm³/mol. The fourth-order valence-electron chi connectivity index (χ4n) is 2.87. The Labute approximate surface area is 159 Å². The molecule has 1 atom stereocenters. The van der Waals surface area contributed by atoms with Crippen molar-refractivity contribution in [1.82, 2.24) is 5.32 Å². The number of esters is 1. The minimum absolute atomic E-state index is 0.151. The average molecular weight is 380 g/mol. The second kappa shape index (κ2) is 7.13. The van der Waals surface area contributed by atoms with Crippen molar-refractivity contribution in [2.75, 3.05) is 12.4 Å². The average Bonchev–Trinajstić information content (AvgIpc) is 3.23. The maximum atomic E-state index is 12.3. The van der Waals surface area contributed by atoms with Crippen LogP contribution in [0, 0.1) is 0 Å². The standard InChI is InChI=1S/C20H16N2O4S/c1-25-16-11-12(8-9-15(16)26-20(24)17-7-4-10-27-17)18-21-14-6-3-2-5-13(14)19(23)22-18/h2-11,18,21H,1H3,(H,22,23). The molecule has 0 bridgehead atoms. The number of ether oxygens (including phenoxy) is 2. The number of carbonyl (C=O) groups excluding carboxylic acids is 2. The molecule has 6 nitrogen and oxygen atoms in total. The largest absolute Gasteiger partial charge is 0.493 e. The summed E-state index contributed by atoms with van der Waals surface area (Å²) in [5, 5.41) is 8.01.